The lowest BCUT2D eigenvalue weighted by molar-refractivity contribution is -0.138. The maximum Gasteiger partial charge on any atom is 0.322 e. The first-order valence-electron chi connectivity index (χ1n) is 5.79. The van der Waals surface area contributed by atoms with Crippen LogP contribution in [-0.4, -0.2) is 31.3 Å². The van der Waals surface area contributed by atoms with E-state index in [4.69, 9.17) is 5.11 Å². The number of hydrogen-bond acceptors (Lipinski definition) is 4. The number of fused-ring (bicyclic) bond motifs is 1. The minimum Gasteiger partial charge on any atom is -0.480 e. The van der Waals surface area contributed by atoms with Gasteiger partial charge in [-0.05, 0) is 22.9 Å². The van der Waals surface area contributed by atoms with Gasteiger partial charge in [-0.25, -0.2) is 8.42 Å². The van der Waals surface area contributed by atoms with Crippen molar-refractivity contribution in [3.63, 3.8) is 0 Å². The molecule has 7 heteroatoms. The van der Waals surface area contributed by atoms with Gasteiger partial charge in [-0.15, -0.1) is 0 Å². The summed E-state index contributed by atoms with van der Waals surface area (Å²) < 4.78 is 26.4. The molecule has 1 atom stereocenters. The molecule has 106 valence electrons. The van der Waals surface area contributed by atoms with Crippen LogP contribution < -0.4 is 4.72 Å². The highest BCUT2D eigenvalue weighted by Gasteiger charge is 2.24. The molecule has 0 aliphatic carbocycles. The van der Waals surface area contributed by atoms with Crippen LogP contribution in [0.4, 0.5) is 0 Å². The van der Waals surface area contributed by atoms with Gasteiger partial charge in [0.1, 0.15) is 6.04 Å². The van der Waals surface area contributed by atoms with Crippen molar-refractivity contribution in [1.82, 2.24) is 4.72 Å². The van der Waals surface area contributed by atoms with E-state index in [1.165, 1.54) is 12.1 Å². The molecule has 0 bridgehead atoms. The van der Waals surface area contributed by atoms with Crippen molar-refractivity contribution in [1.29, 1.82) is 0 Å². The van der Waals surface area contributed by atoms with Gasteiger partial charge >= 0.3 is 5.97 Å². The number of benzene rings is 2. The van der Waals surface area contributed by atoms with Crippen molar-refractivity contribution < 1.29 is 18.3 Å². The summed E-state index contributed by atoms with van der Waals surface area (Å²) in [6.45, 7) is 0. The van der Waals surface area contributed by atoms with Gasteiger partial charge < -0.3 is 5.11 Å². The van der Waals surface area contributed by atoms with Gasteiger partial charge in [0.25, 0.3) is 0 Å². The molecule has 0 heterocycles. The lowest BCUT2D eigenvalue weighted by Crippen LogP contribution is -2.42. The molecule has 0 saturated carbocycles. The summed E-state index contributed by atoms with van der Waals surface area (Å²) in [4.78, 5) is 10.9. The van der Waals surface area contributed by atoms with Crippen LogP contribution in [0.3, 0.4) is 0 Å². The van der Waals surface area contributed by atoms with E-state index in [1.54, 1.807) is 18.2 Å². The van der Waals surface area contributed by atoms with Crippen molar-refractivity contribution in [2.45, 2.75) is 10.9 Å². The summed E-state index contributed by atoms with van der Waals surface area (Å²) in [6.07, 6.45) is 0. The number of carbonyl (C=O) groups is 1. The molecule has 0 unspecified atom stereocenters. The number of carboxylic acids is 1. The summed E-state index contributed by atoms with van der Waals surface area (Å²) in [5.74, 6) is -1.38. The molecule has 0 aliphatic rings. The second kappa shape index (κ2) is 5.82. The molecular weight excluding hydrogens is 298 g/mol. The third-order valence-electron chi connectivity index (χ3n) is 2.81. The first-order chi connectivity index (χ1) is 9.44. The molecule has 2 aromatic carbocycles. The Morgan fingerprint density at radius 1 is 1.20 bits per heavy atom. The van der Waals surface area contributed by atoms with E-state index < -0.39 is 22.0 Å². The Hall–Kier alpha value is -1.57. The number of hydrogen-bond donors (Lipinski definition) is 3. The molecule has 0 aromatic heterocycles. The maximum atomic E-state index is 12.1. The standard InChI is InChI=1S/C13H13NO4S2/c15-13(16)12(8-19)14-20(17,18)11-6-5-9-3-1-2-4-10(9)7-11/h1-7,12,14,19H,8H2,(H,15,16)/t12-/m0/s1. The Morgan fingerprint density at radius 2 is 1.85 bits per heavy atom. The zero-order valence-electron chi connectivity index (χ0n) is 10.4. The summed E-state index contributed by atoms with van der Waals surface area (Å²) >= 11 is 3.83. The first kappa shape index (κ1) is 14.8. The number of thiol groups is 1. The van der Waals surface area contributed by atoms with E-state index in [0.717, 1.165) is 10.8 Å². The van der Waals surface area contributed by atoms with Crippen LogP contribution in [-0.2, 0) is 14.8 Å². The van der Waals surface area contributed by atoms with E-state index in [-0.39, 0.29) is 10.6 Å². The molecular formula is C13H13NO4S2. The zero-order chi connectivity index (χ0) is 14.8. The highest BCUT2D eigenvalue weighted by Crippen LogP contribution is 2.19. The third kappa shape index (κ3) is 3.12. The molecule has 20 heavy (non-hydrogen) atoms. The van der Waals surface area contributed by atoms with Crippen LogP contribution >= 0.6 is 12.6 Å². The minimum absolute atomic E-state index is 0.0317. The predicted molar refractivity (Wildman–Crippen MR) is 79.5 cm³/mol. The Morgan fingerprint density at radius 3 is 2.45 bits per heavy atom. The fourth-order valence-corrected chi connectivity index (χ4v) is 3.35. The SMILES string of the molecule is O=C(O)[C@H](CS)NS(=O)(=O)c1ccc2ccccc2c1. The third-order valence-corrected chi connectivity index (χ3v) is 4.64. The average Bonchev–Trinajstić information content (AvgIpc) is 2.44. The van der Waals surface area contributed by atoms with E-state index >= 15 is 0 Å². The fraction of sp³-hybridized carbons (Fsp3) is 0.154. The summed E-state index contributed by atoms with van der Waals surface area (Å²) in [5.41, 5.74) is 0. The smallest absolute Gasteiger partial charge is 0.322 e. The fourth-order valence-electron chi connectivity index (χ4n) is 1.76. The van der Waals surface area contributed by atoms with E-state index in [9.17, 15) is 13.2 Å². The van der Waals surface area contributed by atoms with Crippen molar-refractivity contribution >= 4 is 39.4 Å². The Labute approximate surface area is 122 Å². The van der Waals surface area contributed by atoms with Gasteiger partial charge in [-0.2, -0.15) is 17.4 Å². The van der Waals surface area contributed by atoms with Crippen LogP contribution in [0.25, 0.3) is 10.8 Å². The van der Waals surface area contributed by atoms with E-state index in [1.807, 2.05) is 12.1 Å². The largest absolute Gasteiger partial charge is 0.480 e. The predicted octanol–water partition coefficient (Wildman–Crippen LogP) is 1.50. The van der Waals surface area contributed by atoms with Gasteiger partial charge in [0.2, 0.25) is 10.0 Å². The number of nitrogens with one attached hydrogen (secondary N) is 1. The average molecular weight is 311 g/mol. The Bertz CT molecular complexity index is 743. The van der Waals surface area contributed by atoms with Crippen molar-refractivity contribution in [3.05, 3.63) is 42.5 Å². The number of sulfonamides is 1. The summed E-state index contributed by atoms with van der Waals surface area (Å²) in [5, 5.41) is 10.6. The van der Waals surface area contributed by atoms with Gasteiger partial charge in [0.15, 0.2) is 0 Å². The van der Waals surface area contributed by atoms with Gasteiger partial charge in [0, 0.05) is 5.75 Å². The lowest BCUT2D eigenvalue weighted by atomic mass is 10.1. The van der Waals surface area contributed by atoms with Crippen molar-refractivity contribution in [3.8, 4) is 0 Å². The second-order valence-corrected chi connectivity index (χ2v) is 6.28. The summed E-state index contributed by atoms with van der Waals surface area (Å²) in [7, 11) is -3.89. The highest BCUT2D eigenvalue weighted by atomic mass is 32.2. The first-order valence-corrected chi connectivity index (χ1v) is 7.90. The highest BCUT2D eigenvalue weighted by molar-refractivity contribution is 7.89. The second-order valence-electron chi connectivity index (χ2n) is 4.20. The minimum atomic E-state index is -3.89. The lowest BCUT2D eigenvalue weighted by Gasteiger charge is -2.12. The molecule has 0 spiro atoms. The van der Waals surface area contributed by atoms with Crippen LogP contribution in [0.15, 0.2) is 47.4 Å². The summed E-state index contributed by atoms with van der Waals surface area (Å²) in [6, 6.07) is 10.7. The van der Waals surface area contributed by atoms with Crippen LogP contribution in [0.2, 0.25) is 0 Å². The van der Waals surface area contributed by atoms with Gasteiger partial charge in [-0.1, -0.05) is 30.3 Å². The molecule has 5 nitrogen and oxygen atoms in total. The molecule has 0 amide bonds. The normalized spacial score (nSPS) is 13.2. The molecule has 0 radical (unpaired) electrons. The van der Waals surface area contributed by atoms with Crippen molar-refractivity contribution in [2.75, 3.05) is 5.75 Å². The quantitative estimate of drug-likeness (QED) is 0.731. The topological polar surface area (TPSA) is 83.5 Å². The van der Waals surface area contributed by atoms with Crippen LogP contribution in [0.5, 0.6) is 0 Å². The van der Waals surface area contributed by atoms with Gasteiger partial charge in [0.05, 0.1) is 4.90 Å². The number of aliphatic carboxylic acids is 1. The molecule has 0 aliphatic heterocycles. The number of rotatable bonds is 5. The van der Waals surface area contributed by atoms with Gasteiger partial charge in [-0.3, -0.25) is 4.79 Å². The van der Waals surface area contributed by atoms with Crippen LogP contribution in [0, 0.1) is 0 Å². The molecule has 2 N–H and O–H groups in total. The molecule has 2 rings (SSSR count). The Balaban J connectivity index is 2.38. The van der Waals surface area contributed by atoms with Crippen molar-refractivity contribution in [2.24, 2.45) is 0 Å². The molecule has 2 aromatic rings. The van der Waals surface area contributed by atoms with E-state index in [2.05, 4.69) is 17.4 Å². The van der Waals surface area contributed by atoms with E-state index in [0.29, 0.717) is 0 Å². The molecule has 0 saturated heterocycles. The Kier molecular flexibility index (Phi) is 4.32. The molecule has 0 fully saturated rings. The maximum absolute atomic E-state index is 12.1. The monoisotopic (exact) mass is 311 g/mol. The number of carboxylic acid groups (broad SMARTS) is 1. The van der Waals surface area contributed by atoms with Crippen LogP contribution in [0.1, 0.15) is 0 Å². The zero-order valence-corrected chi connectivity index (χ0v) is 12.1.